The van der Waals surface area contributed by atoms with Crippen LogP contribution in [0.3, 0.4) is 0 Å². The van der Waals surface area contributed by atoms with Crippen molar-refractivity contribution >= 4 is 25.2 Å². The van der Waals surface area contributed by atoms with Gasteiger partial charge in [-0.15, -0.1) is 0 Å². The number of esters is 2. The number of cyclic esters (lactones) is 2. The van der Waals surface area contributed by atoms with Gasteiger partial charge in [-0.05, 0) is 0 Å². The predicted molar refractivity (Wildman–Crippen MR) is 52.2 cm³/mol. The molecule has 3 heterocycles. The third-order valence-electron chi connectivity index (χ3n) is 4.15. The molecule has 2 fully saturated rings. The molecule has 0 aromatic heterocycles. The molecule has 3 rings (SSSR count). The van der Waals surface area contributed by atoms with Crippen molar-refractivity contribution < 1.29 is 14.3 Å². The standard InChI is InChI=1S/C10H12GeO3/c1-11(2)5-3-4-6(11)8-7(5)9(12)14-10(8)13/h3-8H,1-2H3/t5-,6+,7+,8-. The first-order valence-electron chi connectivity index (χ1n) is 4.97. The van der Waals surface area contributed by atoms with Crippen molar-refractivity contribution in [3.8, 4) is 0 Å². The van der Waals surface area contributed by atoms with Crippen LogP contribution in [0, 0.1) is 11.8 Å². The minimum atomic E-state index is -1.97. The van der Waals surface area contributed by atoms with Crippen LogP contribution in [0.4, 0.5) is 0 Å². The number of ether oxygens (including phenoxy) is 1. The first-order valence-corrected chi connectivity index (χ1v) is 11.6. The molecule has 0 saturated carbocycles. The molecule has 0 aliphatic carbocycles. The maximum absolute atomic E-state index is 11.5. The first-order chi connectivity index (χ1) is 6.53. The fourth-order valence-corrected chi connectivity index (χ4v) is 12.2. The van der Waals surface area contributed by atoms with E-state index in [2.05, 4.69) is 23.7 Å². The molecule has 3 aliphatic rings. The molecule has 0 aromatic rings. The maximum atomic E-state index is 11.5. The van der Waals surface area contributed by atoms with Crippen molar-refractivity contribution in [1.82, 2.24) is 0 Å². The zero-order valence-electron chi connectivity index (χ0n) is 8.19. The van der Waals surface area contributed by atoms with Crippen LogP contribution in [0.25, 0.3) is 0 Å². The van der Waals surface area contributed by atoms with Gasteiger partial charge in [0.1, 0.15) is 0 Å². The van der Waals surface area contributed by atoms with Crippen LogP contribution in [0.5, 0.6) is 0 Å². The Balaban J connectivity index is 2.12. The molecule has 0 amide bonds. The van der Waals surface area contributed by atoms with E-state index in [1.807, 2.05) is 0 Å². The van der Waals surface area contributed by atoms with Gasteiger partial charge in [0.25, 0.3) is 0 Å². The van der Waals surface area contributed by atoms with Crippen LogP contribution in [-0.2, 0) is 14.3 Å². The number of rotatable bonds is 0. The molecule has 2 saturated heterocycles. The Morgan fingerprint density at radius 2 is 1.50 bits per heavy atom. The van der Waals surface area contributed by atoms with Crippen molar-refractivity contribution in [2.45, 2.75) is 21.0 Å². The molecular formula is C10H12GeO3. The van der Waals surface area contributed by atoms with Crippen LogP contribution in [0.1, 0.15) is 0 Å². The third-order valence-corrected chi connectivity index (χ3v) is 13.7. The summed E-state index contributed by atoms with van der Waals surface area (Å²) in [4.78, 5) is 23.0. The summed E-state index contributed by atoms with van der Waals surface area (Å²) in [5, 5.41) is 0. The number of hydrogen-bond acceptors (Lipinski definition) is 3. The minimum absolute atomic E-state index is 0.118. The Morgan fingerprint density at radius 3 is 1.93 bits per heavy atom. The summed E-state index contributed by atoms with van der Waals surface area (Å²) in [6.45, 7) is 0. The molecule has 4 heteroatoms. The van der Waals surface area contributed by atoms with E-state index in [4.69, 9.17) is 4.74 Å². The molecule has 4 atom stereocenters. The zero-order valence-corrected chi connectivity index (χ0v) is 10.3. The van der Waals surface area contributed by atoms with E-state index in [0.29, 0.717) is 9.50 Å². The van der Waals surface area contributed by atoms with Crippen molar-refractivity contribution in [2.24, 2.45) is 11.8 Å². The number of hydrogen-bond donors (Lipinski definition) is 0. The van der Waals surface area contributed by atoms with Crippen molar-refractivity contribution in [3.05, 3.63) is 12.2 Å². The third kappa shape index (κ3) is 0.759. The summed E-state index contributed by atoms with van der Waals surface area (Å²) < 4.78 is 5.47. The van der Waals surface area contributed by atoms with Gasteiger partial charge in [0, 0.05) is 0 Å². The molecule has 2 bridgehead atoms. The molecule has 14 heavy (non-hydrogen) atoms. The summed E-state index contributed by atoms with van der Waals surface area (Å²) in [7, 11) is 0. The number of fused-ring (bicyclic) bond motifs is 5. The van der Waals surface area contributed by atoms with Gasteiger partial charge in [-0.3, -0.25) is 0 Å². The van der Waals surface area contributed by atoms with Gasteiger partial charge in [0.15, 0.2) is 0 Å². The fourth-order valence-electron chi connectivity index (χ4n) is 3.39. The topological polar surface area (TPSA) is 43.4 Å². The average Bonchev–Trinajstić information content (AvgIpc) is 2.63. The summed E-state index contributed by atoms with van der Waals surface area (Å²) in [6.07, 6.45) is 4.32. The number of carbonyl (C=O) groups is 2. The monoisotopic (exact) mass is 254 g/mol. The summed E-state index contributed by atoms with van der Waals surface area (Å²) in [6, 6.07) is 0. The van der Waals surface area contributed by atoms with Gasteiger partial charge >= 0.3 is 84.5 Å². The Labute approximate surface area is 84.9 Å². The fraction of sp³-hybridized carbons (Fsp3) is 0.600. The molecule has 0 aromatic carbocycles. The van der Waals surface area contributed by atoms with Crippen molar-refractivity contribution in [2.75, 3.05) is 0 Å². The molecule has 0 N–H and O–H groups in total. The van der Waals surface area contributed by atoms with E-state index < -0.39 is 13.3 Å². The molecule has 74 valence electrons. The SMILES string of the molecule is [CH3][Ge]1([CH3])[C@@H]2C=C[C@H]1[C@H]1C(=O)OC(=O)[C@H]12. The first kappa shape index (κ1) is 8.71. The summed E-state index contributed by atoms with van der Waals surface area (Å²) >= 11 is -1.97. The van der Waals surface area contributed by atoms with Gasteiger partial charge in [0.05, 0.1) is 0 Å². The molecular weight excluding hydrogens is 241 g/mol. The Bertz CT molecular complexity index is 340. The van der Waals surface area contributed by atoms with E-state index in [-0.39, 0.29) is 23.8 Å². The van der Waals surface area contributed by atoms with Gasteiger partial charge < -0.3 is 0 Å². The van der Waals surface area contributed by atoms with Crippen LogP contribution >= 0.6 is 0 Å². The molecule has 3 nitrogen and oxygen atoms in total. The molecule has 3 aliphatic heterocycles. The normalized spacial score (nSPS) is 47.0. The second-order valence-corrected chi connectivity index (χ2v) is 15.5. The van der Waals surface area contributed by atoms with Crippen molar-refractivity contribution in [3.63, 3.8) is 0 Å². The van der Waals surface area contributed by atoms with Crippen LogP contribution < -0.4 is 0 Å². The van der Waals surface area contributed by atoms with E-state index >= 15 is 0 Å². The zero-order chi connectivity index (χ0) is 10.1. The summed E-state index contributed by atoms with van der Waals surface area (Å²) in [5.41, 5.74) is 0. The van der Waals surface area contributed by atoms with Gasteiger partial charge in [-0.2, -0.15) is 0 Å². The van der Waals surface area contributed by atoms with E-state index in [1.54, 1.807) is 0 Å². The van der Waals surface area contributed by atoms with Crippen LogP contribution in [-0.4, -0.2) is 25.2 Å². The second kappa shape index (κ2) is 2.32. The number of carbonyl (C=O) groups excluding carboxylic acids is 2. The Kier molecular flexibility index (Phi) is 1.44. The molecule has 0 radical (unpaired) electrons. The summed E-state index contributed by atoms with van der Waals surface area (Å²) in [5.74, 6) is 3.86. The second-order valence-electron chi connectivity index (χ2n) is 5.05. The predicted octanol–water partition coefficient (Wildman–Crippen LogP) is 1.33. The Hall–Kier alpha value is -0.577. The average molecular weight is 253 g/mol. The van der Waals surface area contributed by atoms with Crippen LogP contribution in [0.15, 0.2) is 12.2 Å². The van der Waals surface area contributed by atoms with Gasteiger partial charge in [-0.1, -0.05) is 0 Å². The van der Waals surface area contributed by atoms with E-state index in [9.17, 15) is 9.59 Å². The van der Waals surface area contributed by atoms with Crippen LogP contribution in [0.2, 0.25) is 21.0 Å². The molecule has 0 spiro atoms. The van der Waals surface area contributed by atoms with Gasteiger partial charge in [0.2, 0.25) is 0 Å². The molecule has 0 unspecified atom stereocenters. The Morgan fingerprint density at radius 1 is 1.07 bits per heavy atom. The quantitative estimate of drug-likeness (QED) is 0.283. The van der Waals surface area contributed by atoms with E-state index in [0.717, 1.165) is 0 Å². The number of allylic oxidation sites excluding steroid dienone is 2. The van der Waals surface area contributed by atoms with Gasteiger partial charge in [-0.25, -0.2) is 0 Å². The van der Waals surface area contributed by atoms with Crippen molar-refractivity contribution in [1.29, 1.82) is 0 Å². The van der Waals surface area contributed by atoms with E-state index in [1.165, 1.54) is 0 Å².